The Labute approximate surface area is 106 Å². The smallest absolute Gasteiger partial charge is 0.135 e. The zero-order valence-corrected chi connectivity index (χ0v) is 10.4. The number of nitrogens with zero attached hydrogens (tertiary/aromatic N) is 1. The minimum atomic E-state index is 0.448. The van der Waals surface area contributed by atoms with Crippen LogP contribution in [-0.2, 0) is 13.0 Å². The van der Waals surface area contributed by atoms with Crippen LogP contribution in [-0.4, -0.2) is 4.98 Å². The van der Waals surface area contributed by atoms with Crippen LogP contribution in [0.2, 0.25) is 5.15 Å². The van der Waals surface area contributed by atoms with E-state index in [1.807, 2.05) is 30.3 Å². The number of aromatic nitrogens is 1. The number of rotatable bonds is 4. The maximum absolute atomic E-state index is 5.97. The molecule has 0 saturated carbocycles. The van der Waals surface area contributed by atoms with Crippen molar-refractivity contribution in [3.05, 3.63) is 58.9 Å². The number of benzene rings is 1. The summed E-state index contributed by atoms with van der Waals surface area (Å²) in [6.07, 6.45) is 2.63. The normalized spacial score (nSPS) is 10.2. The van der Waals surface area contributed by atoms with Gasteiger partial charge in [-0.3, -0.25) is 0 Å². The van der Waals surface area contributed by atoms with Crippen molar-refractivity contribution in [1.29, 1.82) is 0 Å². The predicted octanol–water partition coefficient (Wildman–Crippen LogP) is 3.88. The van der Waals surface area contributed by atoms with Crippen LogP contribution in [0.1, 0.15) is 18.1 Å². The number of pyridine rings is 1. The van der Waals surface area contributed by atoms with Crippen LogP contribution in [0.15, 0.2) is 42.6 Å². The Morgan fingerprint density at radius 3 is 2.65 bits per heavy atom. The predicted molar refractivity (Wildman–Crippen MR) is 69.4 cm³/mol. The van der Waals surface area contributed by atoms with Gasteiger partial charge in [0.25, 0.3) is 0 Å². The van der Waals surface area contributed by atoms with E-state index in [1.54, 1.807) is 6.20 Å². The number of aryl methyl sites for hydroxylation is 1. The third kappa shape index (κ3) is 2.98. The average molecular weight is 248 g/mol. The number of hydrogen-bond acceptors (Lipinski definition) is 2. The molecule has 0 aliphatic rings. The molecule has 17 heavy (non-hydrogen) atoms. The first kappa shape index (κ1) is 11.9. The largest absolute Gasteiger partial charge is 0.489 e. The van der Waals surface area contributed by atoms with Gasteiger partial charge in [-0.1, -0.05) is 42.8 Å². The zero-order valence-electron chi connectivity index (χ0n) is 9.69. The van der Waals surface area contributed by atoms with Gasteiger partial charge >= 0.3 is 0 Å². The first-order chi connectivity index (χ1) is 8.31. The molecule has 2 aromatic rings. The van der Waals surface area contributed by atoms with Crippen LogP contribution in [0, 0.1) is 0 Å². The second-order valence-corrected chi connectivity index (χ2v) is 4.06. The molecule has 0 atom stereocenters. The summed E-state index contributed by atoms with van der Waals surface area (Å²) in [5.41, 5.74) is 2.10. The van der Waals surface area contributed by atoms with Crippen LogP contribution in [0.25, 0.3) is 0 Å². The van der Waals surface area contributed by atoms with Crippen LogP contribution in [0.5, 0.6) is 5.75 Å². The minimum Gasteiger partial charge on any atom is -0.489 e. The Hall–Kier alpha value is -1.54. The van der Waals surface area contributed by atoms with Crippen molar-refractivity contribution in [2.75, 3.05) is 0 Å². The number of halogens is 1. The lowest BCUT2D eigenvalue weighted by Gasteiger charge is -2.10. The lowest BCUT2D eigenvalue weighted by Crippen LogP contribution is -1.99. The fourth-order valence-electron chi connectivity index (χ4n) is 1.62. The van der Waals surface area contributed by atoms with E-state index < -0.39 is 0 Å². The SMILES string of the molecule is CCc1ccccc1OCc1cccnc1Cl. The molecule has 0 bridgehead atoms. The van der Waals surface area contributed by atoms with Gasteiger partial charge in [0.15, 0.2) is 0 Å². The van der Waals surface area contributed by atoms with Crippen LogP contribution in [0.4, 0.5) is 0 Å². The van der Waals surface area contributed by atoms with Crippen LogP contribution < -0.4 is 4.74 Å². The summed E-state index contributed by atoms with van der Waals surface area (Å²) in [5.74, 6) is 0.912. The van der Waals surface area contributed by atoms with Gasteiger partial charge in [0.2, 0.25) is 0 Å². The van der Waals surface area contributed by atoms with Crippen molar-refractivity contribution in [1.82, 2.24) is 4.98 Å². The first-order valence-electron chi connectivity index (χ1n) is 5.61. The van der Waals surface area contributed by atoms with E-state index in [-0.39, 0.29) is 0 Å². The third-order valence-corrected chi connectivity index (χ3v) is 2.91. The molecular weight excluding hydrogens is 234 g/mol. The summed E-state index contributed by atoms with van der Waals surface area (Å²) in [5, 5.41) is 0.501. The Morgan fingerprint density at radius 2 is 1.88 bits per heavy atom. The summed E-state index contributed by atoms with van der Waals surface area (Å²) in [6.45, 7) is 2.56. The van der Waals surface area contributed by atoms with Gasteiger partial charge < -0.3 is 4.74 Å². The second kappa shape index (κ2) is 5.69. The molecule has 0 aliphatic heterocycles. The molecule has 0 unspecified atom stereocenters. The third-order valence-electron chi connectivity index (χ3n) is 2.57. The van der Waals surface area contributed by atoms with Gasteiger partial charge in [-0.15, -0.1) is 0 Å². The monoisotopic (exact) mass is 247 g/mol. The van der Waals surface area contributed by atoms with E-state index in [1.165, 1.54) is 5.56 Å². The zero-order chi connectivity index (χ0) is 12.1. The quantitative estimate of drug-likeness (QED) is 0.765. The van der Waals surface area contributed by atoms with Gasteiger partial charge in [0.05, 0.1) is 0 Å². The highest BCUT2D eigenvalue weighted by molar-refractivity contribution is 6.30. The minimum absolute atomic E-state index is 0.448. The van der Waals surface area contributed by atoms with E-state index in [4.69, 9.17) is 16.3 Å². The van der Waals surface area contributed by atoms with Crippen molar-refractivity contribution in [2.24, 2.45) is 0 Å². The molecule has 88 valence electrons. The van der Waals surface area contributed by atoms with Crippen LogP contribution in [0.3, 0.4) is 0 Å². The molecule has 2 rings (SSSR count). The topological polar surface area (TPSA) is 22.1 Å². The highest BCUT2D eigenvalue weighted by Gasteiger charge is 2.04. The Morgan fingerprint density at radius 1 is 1.12 bits per heavy atom. The molecule has 0 radical (unpaired) electrons. The molecule has 0 amide bonds. The van der Waals surface area contributed by atoms with Crippen molar-refractivity contribution in [3.63, 3.8) is 0 Å². The van der Waals surface area contributed by atoms with Gasteiger partial charge in [-0.25, -0.2) is 4.98 Å². The lowest BCUT2D eigenvalue weighted by atomic mass is 10.1. The van der Waals surface area contributed by atoms with Crippen molar-refractivity contribution in [2.45, 2.75) is 20.0 Å². The van der Waals surface area contributed by atoms with Gasteiger partial charge in [-0.05, 0) is 24.1 Å². The van der Waals surface area contributed by atoms with E-state index in [0.717, 1.165) is 17.7 Å². The molecule has 0 N–H and O–H groups in total. The standard InChI is InChI=1S/C14H14ClNO/c1-2-11-6-3-4-8-13(11)17-10-12-7-5-9-16-14(12)15/h3-9H,2,10H2,1H3. The maximum atomic E-state index is 5.97. The van der Waals surface area contributed by atoms with Gasteiger partial charge in [0.1, 0.15) is 17.5 Å². The highest BCUT2D eigenvalue weighted by atomic mass is 35.5. The van der Waals surface area contributed by atoms with Gasteiger partial charge in [0, 0.05) is 11.8 Å². The highest BCUT2D eigenvalue weighted by Crippen LogP contribution is 2.21. The lowest BCUT2D eigenvalue weighted by molar-refractivity contribution is 0.303. The molecule has 2 nitrogen and oxygen atoms in total. The summed E-state index contributed by atoms with van der Waals surface area (Å²) >= 11 is 5.97. The fraction of sp³-hybridized carbons (Fsp3) is 0.214. The Bertz CT molecular complexity index is 499. The van der Waals surface area contributed by atoms with Crippen molar-refractivity contribution >= 4 is 11.6 Å². The van der Waals surface area contributed by atoms with E-state index in [2.05, 4.69) is 18.0 Å². The molecule has 1 aromatic carbocycles. The number of hydrogen-bond donors (Lipinski definition) is 0. The number of ether oxygens (including phenoxy) is 1. The molecule has 0 aliphatic carbocycles. The average Bonchev–Trinajstić information content (AvgIpc) is 2.38. The number of para-hydroxylation sites is 1. The molecule has 1 aromatic heterocycles. The Balaban J connectivity index is 2.10. The summed E-state index contributed by atoms with van der Waals surface area (Å²) in [4.78, 5) is 4.02. The summed E-state index contributed by atoms with van der Waals surface area (Å²) < 4.78 is 5.77. The molecule has 0 spiro atoms. The maximum Gasteiger partial charge on any atom is 0.135 e. The second-order valence-electron chi connectivity index (χ2n) is 3.70. The summed E-state index contributed by atoms with van der Waals surface area (Å²) in [7, 11) is 0. The van der Waals surface area contributed by atoms with E-state index >= 15 is 0 Å². The Kier molecular flexibility index (Phi) is 3.99. The summed E-state index contributed by atoms with van der Waals surface area (Å²) in [6, 6.07) is 11.8. The molecule has 3 heteroatoms. The van der Waals surface area contributed by atoms with Gasteiger partial charge in [-0.2, -0.15) is 0 Å². The van der Waals surface area contributed by atoms with Crippen LogP contribution >= 0.6 is 11.6 Å². The fourth-order valence-corrected chi connectivity index (χ4v) is 1.79. The van der Waals surface area contributed by atoms with E-state index in [9.17, 15) is 0 Å². The van der Waals surface area contributed by atoms with Crippen molar-refractivity contribution in [3.8, 4) is 5.75 Å². The molecule has 0 saturated heterocycles. The van der Waals surface area contributed by atoms with Crippen molar-refractivity contribution < 1.29 is 4.74 Å². The molecule has 0 fully saturated rings. The van der Waals surface area contributed by atoms with E-state index in [0.29, 0.717) is 11.8 Å². The molecular formula is C14H14ClNO. The first-order valence-corrected chi connectivity index (χ1v) is 5.99. The molecule has 1 heterocycles.